The number of carbonyl (C=O) groups excluding carboxylic acids is 1. The van der Waals surface area contributed by atoms with E-state index in [0.29, 0.717) is 30.2 Å². The second kappa shape index (κ2) is 9.39. The minimum absolute atomic E-state index is 0.0306. The summed E-state index contributed by atoms with van der Waals surface area (Å²) in [4.78, 5) is 16.8. The van der Waals surface area contributed by atoms with E-state index < -0.39 is 16.0 Å². The molecule has 3 heterocycles. The number of sulfonamides is 1. The minimum atomic E-state index is -3.75. The van der Waals surface area contributed by atoms with Crippen molar-refractivity contribution in [2.24, 2.45) is 0 Å². The Morgan fingerprint density at radius 1 is 1.26 bits per heavy atom. The topological polar surface area (TPSA) is 112 Å². The number of rotatable bonds is 7. The molecule has 1 aliphatic rings. The number of aromatic nitrogens is 2. The van der Waals surface area contributed by atoms with Crippen molar-refractivity contribution in [1.29, 1.82) is 0 Å². The highest BCUT2D eigenvalue weighted by Crippen LogP contribution is 2.28. The van der Waals surface area contributed by atoms with E-state index in [1.54, 1.807) is 48.5 Å². The first-order valence-electron chi connectivity index (χ1n) is 9.28. The number of esters is 1. The molecule has 12 heteroatoms. The largest absolute Gasteiger partial charge is 0.497 e. The molecule has 164 valence electrons. The number of ether oxygens (including phenoxy) is 2. The molecule has 1 saturated heterocycles. The fourth-order valence-electron chi connectivity index (χ4n) is 2.96. The van der Waals surface area contributed by atoms with Crippen molar-refractivity contribution in [3.05, 3.63) is 46.5 Å². The molecule has 4 rings (SSSR count). The van der Waals surface area contributed by atoms with Crippen molar-refractivity contribution in [3.8, 4) is 17.1 Å². The lowest BCUT2D eigenvalue weighted by Gasteiger charge is -2.25. The van der Waals surface area contributed by atoms with Crippen LogP contribution in [0.1, 0.15) is 15.6 Å². The number of hydrogen-bond donors (Lipinski definition) is 0. The maximum atomic E-state index is 12.9. The van der Waals surface area contributed by atoms with E-state index in [2.05, 4.69) is 10.1 Å². The standard InChI is InChI=1S/C19H19N3O6S3/c1-26-14-4-2-3-13(11-14)18-20-16(28-21-18)12-27-19(23)17-15(5-8-30-17)31(24,25)22-6-9-29-10-7-22/h2-5,8,11H,6-7,9-10,12H2,1H3. The van der Waals surface area contributed by atoms with Crippen LogP contribution in [0.2, 0.25) is 0 Å². The lowest BCUT2D eigenvalue weighted by atomic mass is 10.2. The number of carbonyl (C=O) groups is 1. The maximum Gasteiger partial charge on any atom is 0.350 e. The first-order valence-corrected chi connectivity index (χ1v) is 12.8. The lowest BCUT2D eigenvalue weighted by Crippen LogP contribution is -2.38. The second-order valence-electron chi connectivity index (χ2n) is 6.45. The van der Waals surface area contributed by atoms with E-state index in [1.165, 1.54) is 10.4 Å². The van der Waals surface area contributed by atoms with Gasteiger partial charge in [-0.15, -0.1) is 11.3 Å². The average Bonchev–Trinajstić information content (AvgIpc) is 3.48. The predicted molar refractivity (Wildman–Crippen MR) is 116 cm³/mol. The van der Waals surface area contributed by atoms with E-state index in [-0.39, 0.29) is 22.3 Å². The molecular weight excluding hydrogens is 462 g/mol. The summed E-state index contributed by atoms with van der Waals surface area (Å²) in [5.41, 5.74) is 0.687. The summed E-state index contributed by atoms with van der Waals surface area (Å²) in [5, 5.41) is 5.45. The molecule has 3 aromatic rings. The van der Waals surface area contributed by atoms with Gasteiger partial charge in [0, 0.05) is 30.2 Å². The molecule has 9 nitrogen and oxygen atoms in total. The molecule has 0 atom stereocenters. The molecule has 0 N–H and O–H groups in total. The summed E-state index contributed by atoms with van der Waals surface area (Å²) >= 11 is 2.73. The normalized spacial score (nSPS) is 15.0. The van der Waals surface area contributed by atoms with Gasteiger partial charge in [0.15, 0.2) is 6.61 Å². The Labute approximate surface area is 187 Å². The molecule has 1 fully saturated rings. The summed E-state index contributed by atoms with van der Waals surface area (Å²) in [6.45, 7) is 0.576. The van der Waals surface area contributed by atoms with Gasteiger partial charge >= 0.3 is 5.97 Å². The number of hydrogen-bond acceptors (Lipinski definition) is 10. The van der Waals surface area contributed by atoms with E-state index in [4.69, 9.17) is 14.0 Å². The zero-order chi connectivity index (χ0) is 21.8. The van der Waals surface area contributed by atoms with Crippen LogP contribution in [0.3, 0.4) is 0 Å². The number of thiophene rings is 1. The summed E-state index contributed by atoms with van der Waals surface area (Å²) < 4.78 is 42.8. The third-order valence-corrected chi connectivity index (χ3v) is 8.43. The third kappa shape index (κ3) is 4.76. The van der Waals surface area contributed by atoms with Crippen LogP contribution in [-0.2, 0) is 21.4 Å². The Morgan fingerprint density at radius 2 is 2.06 bits per heavy atom. The molecule has 0 spiro atoms. The van der Waals surface area contributed by atoms with E-state index in [9.17, 15) is 13.2 Å². The molecule has 0 amide bonds. The molecule has 2 aromatic heterocycles. The van der Waals surface area contributed by atoms with Crippen molar-refractivity contribution < 1.29 is 27.2 Å². The summed E-state index contributed by atoms with van der Waals surface area (Å²) in [5.74, 6) is 1.79. The van der Waals surface area contributed by atoms with Gasteiger partial charge in [-0.1, -0.05) is 17.3 Å². The predicted octanol–water partition coefficient (Wildman–Crippen LogP) is 2.90. The van der Waals surface area contributed by atoms with Crippen LogP contribution in [0.15, 0.2) is 45.1 Å². The van der Waals surface area contributed by atoms with Crippen molar-refractivity contribution in [1.82, 2.24) is 14.4 Å². The van der Waals surface area contributed by atoms with Crippen LogP contribution in [0.4, 0.5) is 0 Å². The molecule has 1 aliphatic heterocycles. The van der Waals surface area contributed by atoms with Gasteiger partial charge in [-0.25, -0.2) is 13.2 Å². The van der Waals surface area contributed by atoms with Gasteiger partial charge in [0.1, 0.15) is 15.5 Å². The van der Waals surface area contributed by atoms with Gasteiger partial charge in [0.05, 0.1) is 7.11 Å². The van der Waals surface area contributed by atoms with Gasteiger partial charge in [0.25, 0.3) is 5.89 Å². The average molecular weight is 482 g/mol. The molecule has 1 aromatic carbocycles. The van der Waals surface area contributed by atoms with Gasteiger partial charge < -0.3 is 14.0 Å². The molecule has 31 heavy (non-hydrogen) atoms. The van der Waals surface area contributed by atoms with Crippen molar-refractivity contribution >= 4 is 39.1 Å². The van der Waals surface area contributed by atoms with Crippen LogP contribution in [0, 0.1) is 0 Å². The fraction of sp³-hybridized carbons (Fsp3) is 0.316. The zero-order valence-corrected chi connectivity index (χ0v) is 19.0. The van der Waals surface area contributed by atoms with Crippen LogP contribution in [0.5, 0.6) is 5.75 Å². The van der Waals surface area contributed by atoms with Crippen LogP contribution in [0.25, 0.3) is 11.4 Å². The number of thioether (sulfide) groups is 1. The van der Waals surface area contributed by atoms with Gasteiger partial charge in [-0.2, -0.15) is 21.1 Å². The zero-order valence-electron chi connectivity index (χ0n) is 16.5. The summed E-state index contributed by atoms with van der Waals surface area (Å²) in [6, 6.07) is 8.57. The smallest absolute Gasteiger partial charge is 0.350 e. The highest BCUT2D eigenvalue weighted by molar-refractivity contribution is 7.99. The lowest BCUT2D eigenvalue weighted by molar-refractivity contribution is 0.0431. The second-order valence-corrected chi connectivity index (χ2v) is 10.5. The Bertz CT molecular complexity index is 1170. The SMILES string of the molecule is COc1cccc(-c2noc(COC(=O)c3sccc3S(=O)(=O)N3CCSCC3)n2)c1. The third-order valence-electron chi connectivity index (χ3n) is 4.53. The highest BCUT2D eigenvalue weighted by atomic mass is 32.2. The van der Waals surface area contributed by atoms with E-state index in [0.717, 1.165) is 22.8 Å². The Hall–Kier alpha value is -2.41. The van der Waals surface area contributed by atoms with Crippen LogP contribution >= 0.6 is 23.1 Å². The maximum absolute atomic E-state index is 12.9. The first-order chi connectivity index (χ1) is 15.0. The summed E-state index contributed by atoms with van der Waals surface area (Å²) in [7, 11) is -2.19. The Balaban J connectivity index is 1.45. The van der Waals surface area contributed by atoms with Gasteiger partial charge in [-0.05, 0) is 23.6 Å². The van der Waals surface area contributed by atoms with Crippen molar-refractivity contribution in [3.63, 3.8) is 0 Å². The van der Waals surface area contributed by atoms with Gasteiger partial charge in [0.2, 0.25) is 15.8 Å². The fourth-order valence-corrected chi connectivity index (χ4v) is 6.82. The molecule has 0 unspecified atom stereocenters. The summed E-state index contributed by atoms with van der Waals surface area (Å²) in [6.07, 6.45) is 0. The van der Waals surface area contributed by atoms with Crippen molar-refractivity contribution in [2.45, 2.75) is 11.5 Å². The van der Waals surface area contributed by atoms with E-state index >= 15 is 0 Å². The van der Waals surface area contributed by atoms with Crippen LogP contribution in [-0.4, -0.2) is 60.5 Å². The number of methoxy groups -OCH3 is 1. The number of nitrogens with zero attached hydrogens (tertiary/aromatic N) is 3. The highest BCUT2D eigenvalue weighted by Gasteiger charge is 2.31. The molecule has 0 aliphatic carbocycles. The van der Waals surface area contributed by atoms with Gasteiger partial charge in [-0.3, -0.25) is 0 Å². The molecular formula is C19H19N3O6S3. The Morgan fingerprint density at radius 3 is 2.84 bits per heavy atom. The van der Waals surface area contributed by atoms with Crippen LogP contribution < -0.4 is 4.74 Å². The molecule has 0 radical (unpaired) electrons. The minimum Gasteiger partial charge on any atom is -0.497 e. The number of benzene rings is 1. The van der Waals surface area contributed by atoms with Crippen molar-refractivity contribution in [2.75, 3.05) is 31.7 Å². The Kier molecular flexibility index (Phi) is 6.60. The first kappa shape index (κ1) is 21.8. The molecule has 0 saturated carbocycles. The quantitative estimate of drug-likeness (QED) is 0.470. The van der Waals surface area contributed by atoms with E-state index in [1.807, 2.05) is 0 Å². The monoisotopic (exact) mass is 481 g/mol. The molecule has 0 bridgehead atoms.